The Morgan fingerprint density at radius 2 is 2.20 bits per heavy atom. The molecule has 0 spiro atoms. The van der Waals surface area contributed by atoms with Crippen molar-refractivity contribution in [3.05, 3.63) is 54.4 Å². The number of benzene rings is 1. The Hall–Kier alpha value is -2.07. The van der Waals surface area contributed by atoms with Gasteiger partial charge in [0.05, 0.1) is 13.7 Å². The Labute approximate surface area is 120 Å². The van der Waals surface area contributed by atoms with Crippen LogP contribution < -0.4 is 10.1 Å². The predicted molar refractivity (Wildman–Crippen MR) is 81.7 cm³/mol. The maximum atomic E-state index is 5.31. The molecule has 0 saturated carbocycles. The molecule has 1 N–H and O–H groups in total. The first-order chi connectivity index (χ1) is 9.79. The molecular weight excluding hydrogens is 250 g/mol. The number of hydrogen-bond acceptors (Lipinski definition) is 3. The van der Waals surface area contributed by atoms with E-state index in [2.05, 4.69) is 29.5 Å². The van der Waals surface area contributed by atoms with Crippen LogP contribution in [0.3, 0.4) is 0 Å². The molecule has 0 aliphatic heterocycles. The maximum absolute atomic E-state index is 5.31. The van der Waals surface area contributed by atoms with Gasteiger partial charge in [0.1, 0.15) is 5.75 Å². The van der Waals surface area contributed by atoms with Gasteiger partial charge in [-0.15, -0.1) is 0 Å². The lowest BCUT2D eigenvalue weighted by molar-refractivity contribution is 0.414. The molecule has 1 atom stereocenters. The zero-order valence-corrected chi connectivity index (χ0v) is 12.0. The van der Waals surface area contributed by atoms with E-state index in [1.54, 1.807) is 13.3 Å². The number of hydrogen-bond donors (Lipinski definition) is 1. The third kappa shape index (κ3) is 4.24. The first-order valence-corrected chi connectivity index (χ1v) is 6.80. The van der Waals surface area contributed by atoms with Gasteiger partial charge in [-0.05, 0) is 19.1 Å². The summed E-state index contributed by atoms with van der Waals surface area (Å²) in [5.74, 6) is 0.897. The van der Waals surface area contributed by atoms with Crippen molar-refractivity contribution >= 4 is 6.08 Å². The van der Waals surface area contributed by atoms with Gasteiger partial charge in [-0.25, -0.2) is 0 Å². The molecule has 0 fully saturated rings. The Balaban J connectivity index is 1.78. The molecule has 0 bridgehead atoms. The van der Waals surface area contributed by atoms with Crippen LogP contribution in [0.2, 0.25) is 0 Å². The summed E-state index contributed by atoms with van der Waals surface area (Å²) in [4.78, 5) is 0. The van der Waals surface area contributed by atoms with Crippen LogP contribution in [0.15, 0.2) is 48.8 Å². The molecule has 0 amide bonds. The molecule has 0 radical (unpaired) electrons. The molecule has 4 nitrogen and oxygen atoms in total. The van der Waals surface area contributed by atoms with Gasteiger partial charge in [0.15, 0.2) is 0 Å². The van der Waals surface area contributed by atoms with Crippen molar-refractivity contribution in [1.29, 1.82) is 0 Å². The number of ether oxygens (including phenoxy) is 1. The first kappa shape index (κ1) is 14.3. The van der Waals surface area contributed by atoms with Crippen molar-refractivity contribution in [2.45, 2.75) is 19.5 Å². The zero-order chi connectivity index (χ0) is 14.2. The molecule has 0 aliphatic rings. The van der Waals surface area contributed by atoms with E-state index < -0.39 is 0 Å². The highest BCUT2D eigenvalue weighted by Crippen LogP contribution is 2.18. The van der Waals surface area contributed by atoms with Crippen molar-refractivity contribution < 1.29 is 4.74 Å². The number of para-hydroxylation sites is 1. The van der Waals surface area contributed by atoms with E-state index in [0.717, 1.165) is 24.4 Å². The van der Waals surface area contributed by atoms with Crippen LogP contribution in [-0.2, 0) is 6.54 Å². The van der Waals surface area contributed by atoms with Gasteiger partial charge in [-0.2, -0.15) is 5.10 Å². The third-order valence-corrected chi connectivity index (χ3v) is 3.04. The van der Waals surface area contributed by atoms with Gasteiger partial charge in [-0.1, -0.05) is 30.4 Å². The molecule has 4 heteroatoms. The monoisotopic (exact) mass is 271 g/mol. The average molecular weight is 271 g/mol. The summed E-state index contributed by atoms with van der Waals surface area (Å²) in [6, 6.07) is 10.3. The third-order valence-electron chi connectivity index (χ3n) is 3.04. The summed E-state index contributed by atoms with van der Waals surface area (Å²) in [5, 5.41) is 7.64. The summed E-state index contributed by atoms with van der Waals surface area (Å²) < 4.78 is 7.24. The number of rotatable bonds is 7. The van der Waals surface area contributed by atoms with Crippen molar-refractivity contribution in [2.75, 3.05) is 13.7 Å². The quantitative estimate of drug-likeness (QED) is 0.841. The highest BCUT2D eigenvalue weighted by atomic mass is 16.5. The van der Waals surface area contributed by atoms with Crippen LogP contribution in [0.1, 0.15) is 12.5 Å². The van der Waals surface area contributed by atoms with Crippen LogP contribution in [0.4, 0.5) is 0 Å². The van der Waals surface area contributed by atoms with E-state index in [1.807, 2.05) is 41.2 Å². The van der Waals surface area contributed by atoms with Crippen molar-refractivity contribution in [3.63, 3.8) is 0 Å². The Kier molecular flexibility index (Phi) is 5.38. The molecule has 0 saturated heterocycles. The average Bonchev–Trinajstić information content (AvgIpc) is 2.97. The van der Waals surface area contributed by atoms with Crippen LogP contribution >= 0.6 is 0 Å². The molecule has 2 aromatic rings. The van der Waals surface area contributed by atoms with Gasteiger partial charge >= 0.3 is 0 Å². The Morgan fingerprint density at radius 1 is 1.35 bits per heavy atom. The lowest BCUT2D eigenvalue weighted by Gasteiger charge is -2.12. The highest BCUT2D eigenvalue weighted by Gasteiger charge is 2.01. The second-order valence-corrected chi connectivity index (χ2v) is 4.68. The summed E-state index contributed by atoms with van der Waals surface area (Å²) >= 11 is 0. The largest absolute Gasteiger partial charge is 0.496 e. The van der Waals surface area contributed by atoms with Crippen LogP contribution in [0, 0.1) is 0 Å². The van der Waals surface area contributed by atoms with Gasteiger partial charge in [0.2, 0.25) is 0 Å². The van der Waals surface area contributed by atoms with Crippen molar-refractivity contribution in [3.8, 4) is 5.75 Å². The molecule has 2 rings (SSSR count). The highest BCUT2D eigenvalue weighted by molar-refractivity contribution is 5.57. The minimum absolute atomic E-state index is 0.372. The standard InChI is InChI=1S/C16H21N3O/c1-14(13-19-12-6-11-18-19)17-10-5-8-15-7-3-4-9-16(15)20-2/h3-9,11-12,14,17H,10,13H2,1-2H3. The first-order valence-electron chi connectivity index (χ1n) is 6.80. The lowest BCUT2D eigenvalue weighted by Crippen LogP contribution is -2.30. The van der Waals surface area contributed by atoms with E-state index in [4.69, 9.17) is 4.74 Å². The molecule has 20 heavy (non-hydrogen) atoms. The normalized spacial score (nSPS) is 12.7. The van der Waals surface area contributed by atoms with Crippen LogP contribution in [-0.4, -0.2) is 29.5 Å². The molecule has 1 aromatic carbocycles. The topological polar surface area (TPSA) is 39.1 Å². The fourth-order valence-corrected chi connectivity index (χ4v) is 2.01. The van der Waals surface area contributed by atoms with E-state index in [-0.39, 0.29) is 0 Å². The van der Waals surface area contributed by atoms with E-state index in [1.165, 1.54) is 0 Å². The predicted octanol–water partition coefficient (Wildman–Crippen LogP) is 2.58. The Morgan fingerprint density at radius 3 is 2.95 bits per heavy atom. The lowest BCUT2D eigenvalue weighted by atomic mass is 10.2. The van der Waals surface area contributed by atoms with E-state index >= 15 is 0 Å². The molecular formula is C16H21N3O. The number of methoxy groups -OCH3 is 1. The van der Waals surface area contributed by atoms with Gasteiger partial charge in [0, 0.05) is 30.5 Å². The zero-order valence-electron chi connectivity index (χ0n) is 12.0. The fourth-order valence-electron chi connectivity index (χ4n) is 2.01. The smallest absolute Gasteiger partial charge is 0.126 e. The number of nitrogens with zero attached hydrogens (tertiary/aromatic N) is 2. The van der Waals surface area contributed by atoms with Gasteiger partial charge < -0.3 is 10.1 Å². The summed E-state index contributed by atoms with van der Waals surface area (Å²) in [6.45, 7) is 3.84. The summed E-state index contributed by atoms with van der Waals surface area (Å²) in [6.07, 6.45) is 7.96. The fraction of sp³-hybridized carbons (Fsp3) is 0.312. The number of aromatic nitrogens is 2. The second-order valence-electron chi connectivity index (χ2n) is 4.68. The summed E-state index contributed by atoms with van der Waals surface area (Å²) in [7, 11) is 1.69. The molecule has 1 unspecified atom stereocenters. The van der Waals surface area contributed by atoms with Gasteiger partial charge in [-0.3, -0.25) is 4.68 Å². The Bertz CT molecular complexity index is 534. The molecule has 0 aliphatic carbocycles. The second kappa shape index (κ2) is 7.50. The van der Waals surface area contributed by atoms with Gasteiger partial charge in [0.25, 0.3) is 0 Å². The minimum atomic E-state index is 0.372. The SMILES string of the molecule is COc1ccccc1C=CCNC(C)Cn1cccn1. The van der Waals surface area contributed by atoms with Crippen LogP contribution in [0.25, 0.3) is 6.08 Å². The van der Waals surface area contributed by atoms with Crippen LogP contribution in [0.5, 0.6) is 5.75 Å². The van der Waals surface area contributed by atoms with Crippen molar-refractivity contribution in [2.24, 2.45) is 0 Å². The number of nitrogens with one attached hydrogen (secondary N) is 1. The van der Waals surface area contributed by atoms with E-state index in [9.17, 15) is 0 Å². The minimum Gasteiger partial charge on any atom is -0.496 e. The van der Waals surface area contributed by atoms with Crippen molar-refractivity contribution in [1.82, 2.24) is 15.1 Å². The maximum Gasteiger partial charge on any atom is 0.126 e. The summed E-state index contributed by atoms with van der Waals surface area (Å²) in [5.41, 5.74) is 1.09. The molecule has 106 valence electrons. The molecule has 1 aromatic heterocycles. The molecule has 1 heterocycles. The van der Waals surface area contributed by atoms with E-state index in [0.29, 0.717) is 6.04 Å².